The summed E-state index contributed by atoms with van der Waals surface area (Å²) >= 11 is 0. The van der Waals surface area contributed by atoms with Crippen LogP contribution in [-0.2, 0) is 4.74 Å². The summed E-state index contributed by atoms with van der Waals surface area (Å²) in [6.45, 7) is 1.86. The fraction of sp³-hybridized carbons (Fsp3) is 1.00. The van der Waals surface area contributed by atoms with Crippen LogP contribution in [0.15, 0.2) is 0 Å². The van der Waals surface area contributed by atoms with Crippen LogP contribution in [0.3, 0.4) is 0 Å². The number of ether oxygens (including phenoxy) is 1. The smallest absolute Gasteiger partial charge is 0.0619 e. The molecule has 2 rings (SSSR count). The summed E-state index contributed by atoms with van der Waals surface area (Å²) in [6, 6.07) is 1.75. The number of hydrogen-bond acceptors (Lipinski definition) is 3. The Morgan fingerprint density at radius 2 is 1.79 bits per heavy atom. The maximum absolute atomic E-state index is 5.88. The molecule has 0 aromatic rings. The van der Waals surface area contributed by atoms with Crippen LogP contribution < -0.4 is 11.1 Å². The van der Waals surface area contributed by atoms with Gasteiger partial charge in [-0.05, 0) is 38.5 Å². The molecule has 1 saturated carbocycles. The first-order valence-corrected chi connectivity index (χ1v) is 5.94. The van der Waals surface area contributed by atoms with Crippen molar-refractivity contribution in [2.75, 3.05) is 13.2 Å². The summed E-state index contributed by atoms with van der Waals surface area (Å²) in [6.07, 6.45) is 7.36. The van der Waals surface area contributed by atoms with Crippen molar-refractivity contribution in [1.29, 1.82) is 0 Å². The van der Waals surface area contributed by atoms with Gasteiger partial charge in [0.25, 0.3) is 0 Å². The van der Waals surface area contributed by atoms with E-state index >= 15 is 0 Å². The highest BCUT2D eigenvalue weighted by atomic mass is 16.5. The van der Waals surface area contributed by atoms with E-state index in [1.54, 1.807) is 0 Å². The topological polar surface area (TPSA) is 47.3 Å². The van der Waals surface area contributed by atoms with E-state index < -0.39 is 0 Å². The highest BCUT2D eigenvalue weighted by molar-refractivity contribution is 4.82. The zero-order valence-corrected chi connectivity index (χ0v) is 8.87. The van der Waals surface area contributed by atoms with E-state index in [9.17, 15) is 0 Å². The van der Waals surface area contributed by atoms with Gasteiger partial charge in [-0.25, -0.2) is 0 Å². The Morgan fingerprint density at radius 3 is 2.43 bits per heavy atom. The van der Waals surface area contributed by atoms with E-state index in [0.29, 0.717) is 18.1 Å². The summed E-state index contributed by atoms with van der Waals surface area (Å²) in [5.74, 6) is 0. The Bertz CT molecular complexity index is 161. The van der Waals surface area contributed by atoms with Gasteiger partial charge < -0.3 is 15.8 Å². The van der Waals surface area contributed by atoms with E-state index in [4.69, 9.17) is 10.5 Å². The molecule has 1 heterocycles. The van der Waals surface area contributed by atoms with Crippen molar-refractivity contribution in [2.24, 2.45) is 5.73 Å². The molecular weight excluding hydrogens is 176 g/mol. The Morgan fingerprint density at radius 1 is 1.00 bits per heavy atom. The van der Waals surface area contributed by atoms with Gasteiger partial charge in [0.2, 0.25) is 0 Å². The summed E-state index contributed by atoms with van der Waals surface area (Å²) in [7, 11) is 0. The fourth-order valence-corrected chi connectivity index (χ4v) is 2.49. The molecule has 1 aliphatic heterocycles. The highest BCUT2D eigenvalue weighted by Gasteiger charge is 2.22. The number of nitrogens with two attached hydrogens (primary N) is 1. The second-order valence-electron chi connectivity index (χ2n) is 4.69. The van der Waals surface area contributed by atoms with Gasteiger partial charge in [-0.1, -0.05) is 0 Å². The lowest BCUT2D eigenvalue weighted by molar-refractivity contribution is 0.0640. The molecule has 0 radical (unpaired) electrons. The lowest BCUT2D eigenvalue weighted by Crippen LogP contribution is -2.45. The average Bonchev–Trinajstić information content (AvgIpc) is 2.23. The minimum atomic E-state index is 0.454. The molecule has 3 N–H and O–H groups in total. The third-order valence-electron chi connectivity index (χ3n) is 3.40. The van der Waals surface area contributed by atoms with E-state index in [-0.39, 0.29) is 0 Å². The van der Waals surface area contributed by atoms with Gasteiger partial charge >= 0.3 is 0 Å². The Hall–Kier alpha value is -0.120. The lowest BCUT2D eigenvalue weighted by Gasteiger charge is -2.32. The van der Waals surface area contributed by atoms with E-state index in [0.717, 1.165) is 13.2 Å². The molecule has 1 unspecified atom stereocenters. The highest BCUT2D eigenvalue weighted by Crippen LogP contribution is 2.18. The first kappa shape index (κ1) is 10.4. The predicted octanol–water partition coefficient (Wildman–Crippen LogP) is 1.02. The largest absolute Gasteiger partial charge is 0.380 e. The van der Waals surface area contributed by atoms with E-state index in [2.05, 4.69) is 5.32 Å². The van der Waals surface area contributed by atoms with Gasteiger partial charge in [0, 0.05) is 24.7 Å². The Kier molecular flexibility index (Phi) is 3.79. The normalized spacial score (nSPS) is 39.6. The van der Waals surface area contributed by atoms with Crippen LogP contribution in [0.2, 0.25) is 0 Å². The standard InChI is InChI=1S/C11H22N2O/c12-9-3-5-10(6-4-9)13-11-2-1-7-14-8-11/h9-11,13H,1-8,12H2. The molecule has 2 aliphatic rings. The molecule has 0 amide bonds. The monoisotopic (exact) mass is 198 g/mol. The van der Waals surface area contributed by atoms with Crippen molar-refractivity contribution in [1.82, 2.24) is 5.32 Å². The summed E-state index contributed by atoms with van der Waals surface area (Å²) in [5.41, 5.74) is 5.88. The number of rotatable bonds is 2. The van der Waals surface area contributed by atoms with Crippen LogP contribution in [0.5, 0.6) is 0 Å². The summed E-state index contributed by atoms with van der Waals surface area (Å²) < 4.78 is 5.46. The SMILES string of the molecule is NC1CCC(NC2CCCOC2)CC1. The number of nitrogens with one attached hydrogen (secondary N) is 1. The van der Waals surface area contributed by atoms with Crippen LogP contribution in [-0.4, -0.2) is 31.3 Å². The molecule has 2 fully saturated rings. The minimum Gasteiger partial charge on any atom is -0.380 e. The van der Waals surface area contributed by atoms with Crippen LogP contribution in [0.25, 0.3) is 0 Å². The molecule has 0 aromatic carbocycles. The molecule has 1 atom stereocenters. The third-order valence-corrected chi connectivity index (χ3v) is 3.40. The maximum atomic E-state index is 5.88. The van der Waals surface area contributed by atoms with Crippen molar-refractivity contribution < 1.29 is 4.74 Å². The van der Waals surface area contributed by atoms with Crippen molar-refractivity contribution >= 4 is 0 Å². The van der Waals surface area contributed by atoms with E-state index in [1.165, 1.54) is 38.5 Å². The van der Waals surface area contributed by atoms with Crippen molar-refractivity contribution in [3.8, 4) is 0 Å². The summed E-state index contributed by atoms with van der Waals surface area (Å²) in [5, 5.41) is 3.70. The predicted molar refractivity (Wildman–Crippen MR) is 57.2 cm³/mol. The van der Waals surface area contributed by atoms with Crippen LogP contribution in [0.1, 0.15) is 38.5 Å². The van der Waals surface area contributed by atoms with Crippen molar-refractivity contribution in [3.63, 3.8) is 0 Å². The van der Waals surface area contributed by atoms with Crippen molar-refractivity contribution in [2.45, 2.75) is 56.7 Å². The minimum absolute atomic E-state index is 0.454. The molecule has 0 spiro atoms. The first-order valence-electron chi connectivity index (χ1n) is 5.94. The second kappa shape index (κ2) is 5.10. The first-order chi connectivity index (χ1) is 6.84. The molecule has 3 nitrogen and oxygen atoms in total. The van der Waals surface area contributed by atoms with Gasteiger partial charge in [0.15, 0.2) is 0 Å². The lowest BCUT2D eigenvalue weighted by atomic mass is 9.91. The molecule has 14 heavy (non-hydrogen) atoms. The Labute approximate surface area is 86.4 Å². The summed E-state index contributed by atoms with van der Waals surface area (Å²) in [4.78, 5) is 0. The molecule has 0 aromatic heterocycles. The quantitative estimate of drug-likeness (QED) is 0.696. The van der Waals surface area contributed by atoms with Gasteiger partial charge in [-0.15, -0.1) is 0 Å². The van der Waals surface area contributed by atoms with Gasteiger partial charge in [-0.3, -0.25) is 0 Å². The average molecular weight is 198 g/mol. The van der Waals surface area contributed by atoms with Crippen molar-refractivity contribution in [3.05, 3.63) is 0 Å². The molecule has 3 heteroatoms. The van der Waals surface area contributed by atoms with Gasteiger partial charge in [0.05, 0.1) is 6.61 Å². The fourth-order valence-electron chi connectivity index (χ4n) is 2.49. The Balaban J connectivity index is 1.68. The zero-order chi connectivity index (χ0) is 9.80. The van der Waals surface area contributed by atoms with Crippen LogP contribution >= 0.6 is 0 Å². The second-order valence-corrected chi connectivity index (χ2v) is 4.69. The molecule has 1 aliphatic carbocycles. The third kappa shape index (κ3) is 2.94. The molecule has 0 bridgehead atoms. The number of hydrogen-bond donors (Lipinski definition) is 2. The van der Waals surface area contributed by atoms with Crippen LogP contribution in [0.4, 0.5) is 0 Å². The van der Waals surface area contributed by atoms with E-state index in [1.807, 2.05) is 0 Å². The van der Waals surface area contributed by atoms with Gasteiger partial charge in [0.1, 0.15) is 0 Å². The van der Waals surface area contributed by atoms with Gasteiger partial charge in [-0.2, -0.15) is 0 Å². The molecule has 1 saturated heterocycles. The maximum Gasteiger partial charge on any atom is 0.0619 e. The molecule has 82 valence electrons. The molecular formula is C11H22N2O. The zero-order valence-electron chi connectivity index (χ0n) is 8.87. The van der Waals surface area contributed by atoms with Crippen LogP contribution in [0, 0.1) is 0 Å².